The Kier molecular flexibility index (Phi) is 5.18. The van der Waals surface area contributed by atoms with Crippen LogP contribution in [0.2, 0.25) is 0 Å². The van der Waals surface area contributed by atoms with E-state index in [1.807, 2.05) is 0 Å². The van der Waals surface area contributed by atoms with Crippen molar-refractivity contribution in [2.75, 3.05) is 18.1 Å². The predicted molar refractivity (Wildman–Crippen MR) is 82.3 cm³/mol. The lowest BCUT2D eigenvalue weighted by atomic mass is 9.98. The van der Waals surface area contributed by atoms with E-state index in [1.54, 1.807) is 0 Å². The predicted octanol–water partition coefficient (Wildman–Crippen LogP) is 2.86. The fraction of sp³-hybridized carbons (Fsp3) is 0.933. The molecule has 1 amide bonds. The Balaban J connectivity index is 2.04. The Morgan fingerprint density at radius 3 is 2.63 bits per heavy atom. The summed E-state index contributed by atoms with van der Waals surface area (Å²) in [5.74, 6) is 3.57. The second-order valence-corrected chi connectivity index (χ2v) is 7.37. The highest BCUT2D eigenvalue weighted by molar-refractivity contribution is 7.99. The van der Waals surface area contributed by atoms with Crippen LogP contribution in [0.5, 0.6) is 0 Å². The van der Waals surface area contributed by atoms with Crippen LogP contribution in [0.3, 0.4) is 0 Å². The molecule has 2 atom stereocenters. The molecule has 0 spiro atoms. The van der Waals surface area contributed by atoms with Crippen LogP contribution in [0.15, 0.2) is 0 Å². The third-order valence-electron chi connectivity index (χ3n) is 4.66. The van der Waals surface area contributed by atoms with Gasteiger partial charge in [-0.1, -0.05) is 20.3 Å². The van der Waals surface area contributed by atoms with Crippen molar-refractivity contribution < 1.29 is 4.79 Å². The molecule has 110 valence electrons. The molecule has 4 heteroatoms. The molecule has 0 bridgehead atoms. The van der Waals surface area contributed by atoms with Gasteiger partial charge in [-0.3, -0.25) is 10.1 Å². The first-order valence-electron chi connectivity index (χ1n) is 7.77. The van der Waals surface area contributed by atoms with Crippen LogP contribution >= 0.6 is 11.8 Å². The van der Waals surface area contributed by atoms with E-state index in [4.69, 9.17) is 0 Å². The maximum Gasteiger partial charge on any atom is 0.243 e. The smallest absolute Gasteiger partial charge is 0.243 e. The normalized spacial score (nSPS) is 33.1. The molecule has 0 aromatic rings. The summed E-state index contributed by atoms with van der Waals surface area (Å²) < 4.78 is 0. The van der Waals surface area contributed by atoms with Gasteiger partial charge < -0.3 is 4.90 Å². The van der Waals surface area contributed by atoms with Gasteiger partial charge in [-0.05, 0) is 50.0 Å². The second kappa shape index (κ2) is 6.49. The van der Waals surface area contributed by atoms with Crippen LogP contribution in [-0.4, -0.2) is 40.6 Å². The molecular formula is C15H28N2OS. The molecule has 0 aromatic carbocycles. The Hall–Kier alpha value is -0.220. The zero-order chi connectivity index (χ0) is 13.9. The van der Waals surface area contributed by atoms with Crippen LogP contribution in [0, 0.1) is 5.92 Å². The van der Waals surface area contributed by atoms with E-state index in [2.05, 4.69) is 42.7 Å². The van der Waals surface area contributed by atoms with E-state index in [1.165, 1.54) is 24.3 Å². The van der Waals surface area contributed by atoms with Crippen molar-refractivity contribution in [3.8, 4) is 0 Å². The SMILES string of the molecule is CCCC1NC(C)(CC)C(=O)N1CC1CCSCC1. The number of thioether (sulfide) groups is 1. The Labute approximate surface area is 121 Å². The zero-order valence-electron chi connectivity index (χ0n) is 12.6. The first kappa shape index (κ1) is 15.2. The van der Waals surface area contributed by atoms with E-state index in [0.29, 0.717) is 11.8 Å². The quantitative estimate of drug-likeness (QED) is 0.842. The maximum absolute atomic E-state index is 12.7. The lowest BCUT2D eigenvalue weighted by Crippen LogP contribution is -2.43. The molecule has 19 heavy (non-hydrogen) atoms. The number of hydrogen-bond acceptors (Lipinski definition) is 3. The minimum absolute atomic E-state index is 0.261. The molecule has 0 aliphatic carbocycles. The van der Waals surface area contributed by atoms with Crippen molar-refractivity contribution in [3.05, 3.63) is 0 Å². The summed E-state index contributed by atoms with van der Waals surface area (Å²) in [5, 5.41) is 3.58. The number of rotatable bonds is 5. The van der Waals surface area contributed by atoms with Crippen molar-refractivity contribution in [1.82, 2.24) is 10.2 Å². The van der Waals surface area contributed by atoms with Crippen molar-refractivity contribution in [1.29, 1.82) is 0 Å². The van der Waals surface area contributed by atoms with Crippen LogP contribution in [0.25, 0.3) is 0 Å². The summed E-state index contributed by atoms with van der Waals surface area (Å²) in [5.41, 5.74) is -0.330. The van der Waals surface area contributed by atoms with Crippen LogP contribution in [0.4, 0.5) is 0 Å². The Morgan fingerprint density at radius 1 is 1.37 bits per heavy atom. The summed E-state index contributed by atoms with van der Waals surface area (Å²) in [6, 6.07) is 0. The summed E-state index contributed by atoms with van der Waals surface area (Å²) in [7, 11) is 0. The second-order valence-electron chi connectivity index (χ2n) is 6.15. The highest BCUT2D eigenvalue weighted by Gasteiger charge is 2.46. The Morgan fingerprint density at radius 2 is 2.05 bits per heavy atom. The molecule has 1 N–H and O–H groups in total. The molecule has 2 saturated heterocycles. The van der Waals surface area contributed by atoms with Crippen molar-refractivity contribution in [2.45, 2.75) is 64.6 Å². The molecule has 2 heterocycles. The van der Waals surface area contributed by atoms with E-state index in [0.717, 1.165) is 25.8 Å². The van der Waals surface area contributed by atoms with Gasteiger partial charge in [0, 0.05) is 6.54 Å². The van der Waals surface area contributed by atoms with E-state index in [9.17, 15) is 4.79 Å². The lowest BCUT2D eigenvalue weighted by Gasteiger charge is -2.30. The number of amides is 1. The Bertz CT molecular complexity index is 317. The van der Waals surface area contributed by atoms with Crippen molar-refractivity contribution in [3.63, 3.8) is 0 Å². The van der Waals surface area contributed by atoms with Gasteiger partial charge in [0.05, 0.1) is 11.7 Å². The molecule has 2 aliphatic rings. The van der Waals surface area contributed by atoms with Gasteiger partial charge in [0.15, 0.2) is 0 Å². The van der Waals surface area contributed by atoms with Crippen LogP contribution in [0.1, 0.15) is 52.9 Å². The van der Waals surface area contributed by atoms with Crippen molar-refractivity contribution in [2.24, 2.45) is 5.92 Å². The molecule has 0 aromatic heterocycles. The molecule has 2 fully saturated rings. The number of nitrogens with zero attached hydrogens (tertiary/aromatic N) is 1. The molecular weight excluding hydrogens is 256 g/mol. The third-order valence-corrected chi connectivity index (χ3v) is 5.71. The standard InChI is InChI=1S/C15H28N2OS/c1-4-6-13-16-15(3,5-2)14(18)17(13)11-12-7-9-19-10-8-12/h12-13,16H,4-11H2,1-3H3. The van der Waals surface area contributed by atoms with Crippen LogP contribution in [-0.2, 0) is 4.79 Å². The molecule has 2 aliphatic heterocycles. The van der Waals surface area contributed by atoms with E-state index >= 15 is 0 Å². The third kappa shape index (κ3) is 3.27. The minimum Gasteiger partial charge on any atom is -0.325 e. The van der Waals surface area contributed by atoms with Gasteiger partial charge in [-0.25, -0.2) is 0 Å². The summed E-state index contributed by atoms with van der Waals surface area (Å²) >= 11 is 2.05. The topological polar surface area (TPSA) is 32.3 Å². The molecule has 2 unspecified atom stereocenters. The maximum atomic E-state index is 12.7. The number of hydrogen-bond donors (Lipinski definition) is 1. The van der Waals surface area contributed by atoms with E-state index < -0.39 is 0 Å². The fourth-order valence-electron chi connectivity index (χ4n) is 3.14. The van der Waals surface area contributed by atoms with Gasteiger partial charge in [-0.2, -0.15) is 11.8 Å². The molecule has 3 nitrogen and oxygen atoms in total. The van der Waals surface area contributed by atoms with Gasteiger partial charge in [-0.15, -0.1) is 0 Å². The number of nitrogens with one attached hydrogen (secondary N) is 1. The van der Waals surface area contributed by atoms with Gasteiger partial charge in [0.25, 0.3) is 0 Å². The highest BCUT2D eigenvalue weighted by atomic mass is 32.2. The summed E-state index contributed by atoms with van der Waals surface area (Å²) in [4.78, 5) is 14.8. The minimum atomic E-state index is -0.330. The van der Waals surface area contributed by atoms with Crippen LogP contribution < -0.4 is 5.32 Å². The van der Waals surface area contributed by atoms with Crippen molar-refractivity contribution >= 4 is 17.7 Å². The molecule has 0 radical (unpaired) electrons. The number of carbonyl (C=O) groups excluding carboxylic acids is 1. The zero-order valence-corrected chi connectivity index (χ0v) is 13.4. The van der Waals surface area contributed by atoms with E-state index in [-0.39, 0.29) is 11.7 Å². The molecule has 0 saturated carbocycles. The number of carbonyl (C=O) groups is 1. The molecule has 2 rings (SSSR count). The largest absolute Gasteiger partial charge is 0.325 e. The fourth-order valence-corrected chi connectivity index (χ4v) is 4.34. The first-order chi connectivity index (χ1) is 9.10. The summed E-state index contributed by atoms with van der Waals surface area (Å²) in [6.07, 6.45) is 5.89. The summed E-state index contributed by atoms with van der Waals surface area (Å²) in [6.45, 7) is 7.33. The van der Waals surface area contributed by atoms with Gasteiger partial charge >= 0.3 is 0 Å². The average molecular weight is 284 g/mol. The first-order valence-corrected chi connectivity index (χ1v) is 8.92. The van der Waals surface area contributed by atoms with Gasteiger partial charge in [0.2, 0.25) is 5.91 Å². The highest BCUT2D eigenvalue weighted by Crippen LogP contribution is 2.30. The van der Waals surface area contributed by atoms with Gasteiger partial charge in [0.1, 0.15) is 0 Å². The average Bonchev–Trinajstić information content (AvgIpc) is 2.66. The monoisotopic (exact) mass is 284 g/mol. The lowest BCUT2D eigenvalue weighted by molar-refractivity contribution is -0.133.